The maximum atomic E-state index is 12.3. The van der Waals surface area contributed by atoms with Crippen molar-refractivity contribution in [3.63, 3.8) is 0 Å². The van der Waals surface area contributed by atoms with Crippen molar-refractivity contribution in [1.29, 1.82) is 0 Å². The molecule has 0 spiro atoms. The predicted octanol–water partition coefficient (Wildman–Crippen LogP) is 0.917. The number of anilines is 1. The lowest BCUT2D eigenvalue weighted by Crippen LogP contribution is -2.56. The van der Waals surface area contributed by atoms with Gasteiger partial charge < -0.3 is 24.8 Å². The monoisotopic (exact) mass is 368 g/mol. The summed E-state index contributed by atoms with van der Waals surface area (Å²) in [6.07, 6.45) is 0. The zero-order valence-corrected chi connectivity index (χ0v) is 15.9. The number of para-hydroxylation sites is 2. The highest BCUT2D eigenvalue weighted by atomic mass is 35.5. The minimum absolute atomic E-state index is 0. The summed E-state index contributed by atoms with van der Waals surface area (Å²) >= 11 is 0. The van der Waals surface area contributed by atoms with Crippen LogP contribution in [0.25, 0.3) is 0 Å². The number of hydrogen-bond donors (Lipinski definition) is 1. The summed E-state index contributed by atoms with van der Waals surface area (Å²) in [5, 5.41) is 3.17. The highest BCUT2D eigenvalue weighted by Crippen LogP contribution is 2.29. The van der Waals surface area contributed by atoms with Crippen LogP contribution < -0.4 is 15.0 Å². The first kappa shape index (κ1) is 19.8. The molecule has 7 heteroatoms. The fraction of sp³-hybridized carbons (Fsp3) is 0.611. The number of benzene rings is 1. The minimum atomic E-state index is 0. The van der Waals surface area contributed by atoms with Crippen LogP contribution in [0.4, 0.5) is 5.69 Å². The minimum Gasteiger partial charge on any atom is -0.490 e. The van der Waals surface area contributed by atoms with E-state index in [-0.39, 0.29) is 18.3 Å². The van der Waals surface area contributed by atoms with Crippen molar-refractivity contribution in [2.24, 2.45) is 5.92 Å². The molecule has 2 heterocycles. The van der Waals surface area contributed by atoms with Gasteiger partial charge in [0.1, 0.15) is 12.4 Å². The predicted molar refractivity (Wildman–Crippen MR) is 103 cm³/mol. The zero-order valence-electron chi connectivity index (χ0n) is 15.1. The van der Waals surface area contributed by atoms with Crippen molar-refractivity contribution >= 4 is 24.0 Å². The number of likely N-dealkylation sites (N-methyl/N-ethyl adjacent to an activating group) is 1. The molecule has 1 aromatic rings. The van der Waals surface area contributed by atoms with E-state index in [1.54, 1.807) is 0 Å². The quantitative estimate of drug-likeness (QED) is 0.809. The molecule has 2 fully saturated rings. The second-order valence-electron chi connectivity index (χ2n) is 6.79. The van der Waals surface area contributed by atoms with E-state index in [1.807, 2.05) is 37.2 Å². The van der Waals surface area contributed by atoms with Crippen molar-refractivity contribution in [3.8, 4) is 5.75 Å². The van der Waals surface area contributed by atoms with Gasteiger partial charge in [-0.1, -0.05) is 12.1 Å². The number of halogens is 1. The Kier molecular flexibility index (Phi) is 7.35. The Morgan fingerprint density at radius 1 is 1.20 bits per heavy atom. The number of amides is 1. The van der Waals surface area contributed by atoms with Gasteiger partial charge in [0.15, 0.2) is 0 Å². The van der Waals surface area contributed by atoms with Crippen molar-refractivity contribution in [2.45, 2.75) is 0 Å². The topological polar surface area (TPSA) is 48.1 Å². The third-order valence-corrected chi connectivity index (χ3v) is 4.72. The van der Waals surface area contributed by atoms with E-state index >= 15 is 0 Å². The smallest absolute Gasteiger partial charge is 0.228 e. The molecule has 0 saturated carbocycles. The average molecular weight is 369 g/mol. The summed E-state index contributed by atoms with van der Waals surface area (Å²) in [6, 6.07) is 8.20. The summed E-state index contributed by atoms with van der Waals surface area (Å²) in [5.74, 6) is 1.43. The first-order valence-corrected chi connectivity index (χ1v) is 8.76. The van der Waals surface area contributed by atoms with Gasteiger partial charge in [-0.25, -0.2) is 0 Å². The van der Waals surface area contributed by atoms with Crippen LogP contribution in [0.5, 0.6) is 5.75 Å². The number of carbonyl (C=O) groups excluding carboxylic acids is 1. The fourth-order valence-electron chi connectivity index (χ4n) is 3.07. The molecule has 2 aliphatic rings. The fourth-order valence-corrected chi connectivity index (χ4v) is 3.07. The van der Waals surface area contributed by atoms with Gasteiger partial charge >= 0.3 is 0 Å². The number of piperazine rings is 1. The van der Waals surface area contributed by atoms with Crippen LogP contribution in [0.3, 0.4) is 0 Å². The summed E-state index contributed by atoms with van der Waals surface area (Å²) < 4.78 is 5.97. The maximum Gasteiger partial charge on any atom is 0.228 e. The molecule has 2 saturated heterocycles. The first-order chi connectivity index (χ1) is 11.6. The summed E-state index contributed by atoms with van der Waals surface area (Å²) in [7, 11) is 4.09. The average Bonchev–Trinajstić information content (AvgIpc) is 2.53. The van der Waals surface area contributed by atoms with E-state index < -0.39 is 0 Å². The largest absolute Gasteiger partial charge is 0.490 e. The van der Waals surface area contributed by atoms with Crippen LogP contribution in [0.1, 0.15) is 0 Å². The van der Waals surface area contributed by atoms with Gasteiger partial charge in [-0.15, -0.1) is 12.4 Å². The van der Waals surface area contributed by atoms with Crippen molar-refractivity contribution in [2.75, 3.05) is 71.4 Å². The Balaban J connectivity index is 0.00000225. The first-order valence-electron chi connectivity index (χ1n) is 8.76. The van der Waals surface area contributed by atoms with Crippen LogP contribution >= 0.6 is 12.4 Å². The van der Waals surface area contributed by atoms with E-state index in [2.05, 4.69) is 21.2 Å². The van der Waals surface area contributed by atoms with Gasteiger partial charge in [-0.3, -0.25) is 4.79 Å². The lowest BCUT2D eigenvalue weighted by atomic mass is 10.0. The number of nitrogens with zero attached hydrogens (tertiary/aromatic N) is 3. The number of ether oxygens (including phenoxy) is 1. The molecule has 0 aliphatic carbocycles. The molecule has 140 valence electrons. The van der Waals surface area contributed by atoms with E-state index in [9.17, 15) is 4.79 Å². The van der Waals surface area contributed by atoms with Gasteiger partial charge in [0.25, 0.3) is 0 Å². The second-order valence-corrected chi connectivity index (χ2v) is 6.79. The Morgan fingerprint density at radius 3 is 2.48 bits per heavy atom. The van der Waals surface area contributed by atoms with Crippen LogP contribution in [0.2, 0.25) is 0 Å². The van der Waals surface area contributed by atoms with E-state index in [1.165, 1.54) is 0 Å². The molecule has 0 radical (unpaired) electrons. The van der Waals surface area contributed by atoms with Crippen LogP contribution in [-0.4, -0.2) is 82.2 Å². The Labute approximate surface area is 156 Å². The van der Waals surface area contributed by atoms with Gasteiger partial charge in [-0.2, -0.15) is 0 Å². The summed E-state index contributed by atoms with van der Waals surface area (Å²) in [5.41, 5.74) is 1.13. The van der Waals surface area contributed by atoms with Crippen LogP contribution in [-0.2, 0) is 4.79 Å². The normalized spacial score (nSPS) is 17.9. The molecule has 1 N–H and O–H groups in total. The standard InChI is InChI=1S/C18H28N4O2.ClH/c1-20(2)11-12-24-17-6-4-3-5-16(17)21-7-9-22(10-8-21)18(23)15-13-19-14-15;/h3-6,15,19H,7-14H2,1-2H3;1H. The van der Waals surface area contributed by atoms with E-state index in [0.29, 0.717) is 12.5 Å². The molecular weight excluding hydrogens is 340 g/mol. The Bertz CT molecular complexity index is 558. The number of rotatable bonds is 6. The lowest BCUT2D eigenvalue weighted by molar-refractivity contribution is -0.137. The zero-order chi connectivity index (χ0) is 16.9. The maximum absolute atomic E-state index is 12.3. The molecule has 1 amide bonds. The number of nitrogens with one attached hydrogen (secondary N) is 1. The number of carbonyl (C=O) groups is 1. The van der Waals surface area contributed by atoms with E-state index in [4.69, 9.17) is 4.74 Å². The lowest BCUT2D eigenvalue weighted by Gasteiger charge is -2.39. The van der Waals surface area contributed by atoms with Gasteiger partial charge in [0.2, 0.25) is 5.91 Å². The summed E-state index contributed by atoms with van der Waals surface area (Å²) in [4.78, 5) is 18.8. The van der Waals surface area contributed by atoms with Crippen LogP contribution in [0, 0.1) is 5.92 Å². The molecule has 2 aliphatic heterocycles. The molecule has 0 aromatic heterocycles. The molecule has 25 heavy (non-hydrogen) atoms. The third kappa shape index (κ3) is 5.00. The molecule has 0 bridgehead atoms. The number of hydrogen-bond acceptors (Lipinski definition) is 5. The highest BCUT2D eigenvalue weighted by molar-refractivity contribution is 5.85. The Hall–Kier alpha value is -1.50. The summed E-state index contributed by atoms with van der Waals surface area (Å²) in [6.45, 7) is 6.55. The molecule has 0 unspecified atom stereocenters. The SMILES string of the molecule is CN(C)CCOc1ccccc1N1CCN(C(=O)C2CNC2)CC1.Cl. The molecule has 6 nitrogen and oxygen atoms in total. The second kappa shape index (κ2) is 9.27. The Morgan fingerprint density at radius 2 is 1.88 bits per heavy atom. The van der Waals surface area contributed by atoms with Crippen molar-refractivity contribution in [3.05, 3.63) is 24.3 Å². The van der Waals surface area contributed by atoms with Crippen molar-refractivity contribution < 1.29 is 9.53 Å². The van der Waals surface area contributed by atoms with Crippen LogP contribution in [0.15, 0.2) is 24.3 Å². The molecule has 0 atom stereocenters. The molecular formula is C18H29ClN4O2. The van der Waals surface area contributed by atoms with E-state index in [0.717, 1.165) is 57.3 Å². The van der Waals surface area contributed by atoms with Gasteiger partial charge in [0, 0.05) is 45.8 Å². The highest BCUT2D eigenvalue weighted by Gasteiger charge is 2.31. The molecule has 1 aromatic carbocycles. The van der Waals surface area contributed by atoms with Gasteiger partial charge in [0.05, 0.1) is 11.6 Å². The third-order valence-electron chi connectivity index (χ3n) is 4.72. The molecule has 3 rings (SSSR count). The van der Waals surface area contributed by atoms with Crippen molar-refractivity contribution in [1.82, 2.24) is 15.1 Å². The van der Waals surface area contributed by atoms with Gasteiger partial charge in [-0.05, 0) is 26.2 Å².